The maximum absolute atomic E-state index is 15.0. The van der Waals surface area contributed by atoms with Crippen molar-refractivity contribution in [1.29, 1.82) is 0 Å². The molecule has 47 heavy (non-hydrogen) atoms. The molecule has 0 unspecified atom stereocenters. The van der Waals surface area contributed by atoms with Gasteiger partial charge in [0.05, 0.1) is 29.1 Å². The van der Waals surface area contributed by atoms with Crippen molar-refractivity contribution in [3.63, 3.8) is 0 Å². The molecule has 0 amide bonds. The van der Waals surface area contributed by atoms with Gasteiger partial charge in [0.2, 0.25) is 0 Å². The molecular weight excluding hydrogens is 599 g/mol. The van der Waals surface area contributed by atoms with E-state index in [1.54, 1.807) is 17.5 Å². The summed E-state index contributed by atoms with van der Waals surface area (Å²) < 4.78 is 35.6. The molecule has 10 heteroatoms. The summed E-state index contributed by atoms with van der Waals surface area (Å²) in [5, 5.41) is 15.5. The van der Waals surface area contributed by atoms with Gasteiger partial charge in [-0.2, -0.15) is 9.61 Å². The second kappa shape index (κ2) is 12.4. The number of nitrogens with zero attached hydrogens (tertiary/aromatic N) is 4. The average molecular weight is 643 g/mol. The summed E-state index contributed by atoms with van der Waals surface area (Å²) >= 11 is 0. The van der Waals surface area contributed by atoms with Crippen LogP contribution in [0.4, 0.5) is 10.2 Å². The van der Waals surface area contributed by atoms with Gasteiger partial charge < -0.3 is 24.2 Å². The first kappa shape index (κ1) is 32.7. The van der Waals surface area contributed by atoms with Gasteiger partial charge in [-0.1, -0.05) is 24.3 Å². The Morgan fingerprint density at radius 2 is 1.85 bits per heavy atom. The van der Waals surface area contributed by atoms with Crippen LogP contribution in [0.3, 0.4) is 0 Å². The summed E-state index contributed by atoms with van der Waals surface area (Å²) in [6.07, 6.45) is 3.84. The Balaban J connectivity index is 1.58. The fraction of sp³-hybridized carbons (Fsp3) is 0.432. The number of aromatic nitrogens is 3. The van der Waals surface area contributed by atoms with Crippen LogP contribution in [0.25, 0.3) is 28.0 Å². The maximum atomic E-state index is 15.0. The van der Waals surface area contributed by atoms with E-state index in [9.17, 15) is 14.3 Å². The van der Waals surface area contributed by atoms with E-state index in [-0.39, 0.29) is 17.5 Å². The predicted octanol–water partition coefficient (Wildman–Crippen LogP) is 7.47. The number of hydrogen-bond donors (Lipinski definition) is 1. The lowest BCUT2D eigenvalue weighted by molar-refractivity contribution is -0.160. The Hall–Kier alpha value is -4.28. The van der Waals surface area contributed by atoms with E-state index in [0.717, 1.165) is 24.0 Å². The van der Waals surface area contributed by atoms with E-state index >= 15 is 0 Å². The quantitative estimate of drug-likeness (QED) is 0.230. The number of carbonyl (C=O) groups is 1. The SMILES string of the molecule is Cc1nc2cc3nn2c(c1[C@H](OC(C)(C)C)C(=O)O)N1CCC(C)(CC1)OC/C=C/[C@H](C)Oc1ccc(F)c(C)c1-c1cccc-3c1. The normalized spacial score (nSPS) is 21.4. The summed E-state index contributed by atoms with van der Waals surface area (Å²) in [5.41, 5.74) is 3.93. The lowest BCUT2D eigenvalue weighted by Gasteiger charge is -2.41. The molecule has 2 aromatic carbocycles. The molecular formula is C37H43FN4O5. The minimum atomic E-state index is -1.26. The number of ether oxygens (including phenoxy) is 3. The maximum Gasteiger partial charge on any atom is 0.337 e. The number of carboxylic acids is 1. The zero-order chi connectivity index (χ0) is 33.7. The number of rotatable bonds is 3. The van der Waals surface area contributed by atoms with Crippen molar-refractivity contribution in [1.82, 2.24) is 14.6 Å². The van der Waals surface area contributed by atoms with Crippen LogP contribution in [0, 0.1) is 19.7 Å². The van der Waals surface area contributed by atoms with Crippen molar-refractivity contribution in [2.24, 2.45) is 0 Å². The van der Waals surface area contributed by atoms with Crippen LogP contribution in [0.1, 0.15) is 70.4 Å². The van der Waals surface area contributed by atoms with Gasteiger partial charge in [-0.15, -0.1) is 0 Å². The molecule has 1 N–H and O–H groups in total. The highest BCUT2D eigenvalue weighted by Gasteiger charge is 2.38. The van der Waals surface area contributed by atoms with E-state index in [1.165, 1.54) is 6.07 Å². The molecule has 7 rings (SSSR count). The Kier molecular flexibility index (Phi) is 8.61. The van der Waals surface area contributed by atoms with Crippen LogP contribution >= 0.6 is 0 Å². The van der Waals surface area contributed by atoms with E-state index in [4.69, 9.17) is 24.3 Å². The molecule has 0 saturated carbocycles. The van der Waals surface area contributed by atoms with E-state index in [0.29, 0.717) is 65.0 Å². The fourth-order valence-electron chi connectivity index (χ4n) is 6.48. The zero-order valence-corrected chi connectivity index (χ0v) is 28.1. The topological polar surface area (TPSA) is 98.4 Å². The summed E-state index contributed by atoms with van der Waals surface area (Å²) in [6, 6.07) is 12.8. The van der Waals surface area contributed by atoms with Crippen molar-refractivity contribution in [3.8, 4) is 28.1 Å². The molecule has 1 saturated heterocycles. The van der Waals surface area contributed by atoms with Crippen molar-refractivity contribution < 1.29 is 28.5 Å². The van der Waals surface area contributed by atoms with Crippen LogP contribution in [0.2, 0.25) is 0 Å². The third-order valence-electron chi connectivity index (χ3n) is 8.94. The molecule has 0 radical (unpaired) electrons. The van der Waals surface area contributed by atoms with Crippen molar-refractivity contribution in [2.45, 2.75) is 84.7 Å². The first-order chi connectivity index (χ1) is 22.2. The molecule has 248 valence electrons. The van der Waals surface area contributed by atoms with Crippen LogP contribution in [-0.2, 0) is 14.3 Å². The number of hydrogen-bond acceptors (Lipinski definition) is 7. The van der Waals surface area contributed by atoms with Crippen molar-refractivity contribution >= 4 is 17.4 Å². The number of anilines is 1. The molecule has 3 aliphatic rings. The molecule has 5 heterocycles. The Labute approximate surface area is 275 Å². The molecule has 0 spiro atoms. The summed E-state index contributed by atoms with van der Waals surface area (Å²) in [5.74, 6) is -0.184. The highest BCUT2D eigenvalue weighted by Crippen LogP contribution is 2.40. The lowest BCUT2D eigenvalue weighted by Crippen LogP contribution is -2.45. The van der Waals surface area contributed by atoms with E-state index < -0.39 is 17.7 Å². The number of aryl methyl sites for hydroxylation is 1. The minimum absolute atomic E-state index is 0.275. The third-order valence-corrected chi connectivity index (χ3v) is 8.94. The molecule has 1 fully saturated rings. The predicted molar refractivity (Wildman–Crippen MR) is 180 cm³/mol. The molecule has 2 atom stereocenters. The van der Waals surface area contributed by atoms with Crippen LogP contribution in [0.5, 0.6) is 5.75 Å². The van der Waals surface area contributed by atoms with Crippen LogP contribution < -0.4 is 9.64 Å². The first-order valence-corrected chi connectivity index (χ1v) is 16.2. The Morgan fingerprint density at radius 1 is 1.13 bits per heavy atom. The van der Waals surface area contributed by atoms with Gasteiger partial charge in [0, 0.05) is 36.0 Å². The number of halogens is 1. The van der Waals surface area contributed by atoms with Gasteiger partial charge in [-0.05, 0) is 96.7 Å². The summed E-state index contributed by atoms with van der Waals surface area (Å²) in [6.45, 7) is 14.8. The first-order valence-electron chi connectivity index (χ1n) is 16.2. The molecule has 2 aromatic heterocycles. The highest BCUT2D eigenvalue weighted by molar-refractivity contribution is 5.80. The standard InChI is InChI=1S/C37H43FN4O5/c1-22-10-9-19-45-37(7)15-17-41(18-16-37)34-32(33(35(43)44)47-36(4,5)6)24(3)39-30-21-28(40-42(30)34)25-11-8-12-26(20-25)31-23(2)27(38)13-14-29(31)46-22/h8-14,20-22,33H,15-19H2,1-7H3,(H,43,44)/b10-9+/t22-,33-/m0/s1. The number of benzene rings is 2. The zero-order valence-electron chi connectivity index (χ0n) is 28.1. The van der Waals surface area contributed by atoms with Gasteiger partial charge >= 0.3 is 5.97 Å². The third kappa shape index (κ3) is 6.62. The minimum Gasteiger partial charge on any atom is -0.486 e. The van der Waals surface area contributed by atoms with Crippen LogP contribution in [-0.4, -0.2) is 62.7 Å². The van der Waals surface area contributed by atoms with Gasteiger partial charge in [0.15, 0.2) is 11.8 Å². The lowest BCUT2D eigenvalue weighted by atomic mass is 9.92. The highest BCUT2D eigenvalue weighted by atomic mass is 19.1. The fourth-order valence-corrected chi connectivity index (χ4v) is 6.48. The number of carboxylic acid groups (broad SMARTS) is 1. The van der Waals surface area contributed by atoms with E-state index in [2.05, 4.69) is 11.8 Å². The monoisotopic (exact) mass is 642 g/mol. The second-order valence-electron chi connectivity index (χ2n) is 13.8. The largest absolute Gasteiger partial charge is 0.486 e. The summed E-state index contributed by atoms with van der Waals surface area (Å²) in [4.78, 5) is 19.8. The molecule has 6 bridgehead atoms. The number of fused-ring (bicyclic) bond motifs is 6. The number of piperidine rings is 1. The van der Waals surface area contributed by atoms with Crippen LogP contribution in [0.15, 0.2) is 54.6 Å². The van der Waals surface area contributed by atoms with Gasteiger partial charge in [-0.25, -0.2) is 14.2 Å². The van der Waals surface area contributed by atoms with Crippen molar-refractivity contribution in [3.05, 3.63) is 77.3 Å². The van der Waals surface area contributed by atoms with E-state index in [1.807, 2.05) is 77.1 Å². The van der Waals surface area contributed by atoms with Gasteiger partial charge in [0.1, 0.15) is 23.5 Å². The second-order valence-corrected chi connectivity index (χ2v) is 13.8. The molecule has 0 aliphatic carbocycles. The van der Waals surface area contributed by atoms with Gasteiger partial charge in [-0.3, -0.25) is 0 Å². The molecule has 9 nitrogen and oxygen atoms in total. The summed E-state index contributed by atoms with van der Waals surface area (Å²) in [7, 11) is 0. The Morgan fingerprint density at radius 3 is 2.55 bits per heavy atom. The average Bonchev–Trinajstić information content (AvgIpc) is 3.43. The molecule has 3 aliphatic heterocycles. The van der Waals surface area contributed by atoms with Gasteiger partial charge in [0.25, 0.3) is 0 Å². The smallest absolute Gasteiger partial charge is 0.337 e. The molecule has 4 aromatic rings. The van der Waals surface area contributed by atoms with Crippen molar-refractivity contribution in [2.75, 3.05) is 24.6 Å². The Bertz CT molecular complexity index is 1850. The number of aliphatic carboxylic acids is 1.